The SMILES string of the molecule is O=C(COC(=O)CCC1CCCCC1)Nc1ncc(Cl)cc1Cl. The van der Waals surface area contributed by atoms with Crippen LogP contribution in [0.25, 0.3) is 0 Å². The van der Waals surface area contributed by atoms with Gasteiger partial charge < -0.3 is 10.1 Å². The first-order valence-corrected chi connectivity index (χ1v) is 8.56. The summed E-state index contributed by atoms with van der Waals surface area (Å²) in [5, 5.41) is 3.09. The van der Waals surface area contributed by atoms with Crippen LogP contribution in [0.3, 0.4) is 0 Å². The second kappa shape index (κ2) is 9.08. The number of ether oxygens (including phenoxy) is 1. The van der Waals surface area contributed by atoms with E-state index in [1.54, 1.807) is 0 Å². The minimum Gasteiger partial charge on any atom is -0.456 e. The van der Waals surface area contributed by atoms with Gasteiger partial charge in [-0.3, -0.25) is 9.59 Å². The Bertz CT molecular complexity index is 560. The molecule has 0 aromatic carbocycles. The Morgan fingerprint density at radius 2 is 2.00 bits per heavy atom. The van der Waals surface area contributed by atoms with Crippen molar-refractivity contribution < 1.29 is 14.3 Å². The molecule has 0 radical (unpaired) electrons. The number of hydrogen-bond acceptors (Lipinski definition) is 4. The minimum absolute atomic E-state index is 0.194. The van der Waals surface area contributed by atoms with E-state index in [0.29, 0.717) is 17.4 Å². The highest BCUT2D eigenvalue weighted by atomic mass is 35.5. The molecule has 1 N–H and O–H groups in total. The second-order valence-corrected chi connectivity index (χ2v) is 6.58. The molecule has 1 aromatic heterocycles. The van der Waals surface area contributed by atoms with Crippen molar-refractivity contribution in [3.8, 4) is 0 Å². The number of hydrogen-bond donors (Lipinski definition) is 1. The largest absolute Gasteiger partial charge is 0.456 e. The predicted molar refractivity (Wildman–Crippen MR) is 89.7 cm³/mol. The Morgan fingerprint density at radius 3 is 2.70 bits per heavy atom. The Kier molecular flexibility index (Phi) is 7.12. The Morgan fingerprint density at radius 1 is 1.26 bits per heavy atom. The second-order valence-electron chi connectivity index (χ2n) is 5.74. The molecule has 1 saturated carbocycles. The molecular formula is C16H20Cl2N2O3. The highest BCUT2D eigenvalue weighted by Crippen LogP contribution is 2.27. The zero-order valence-corrected chi connectivity index (χ0v) is 14.3. The first kappa shape index (κ1) is 18.0. The third-order valence-electron chi connectivity index (χ3n) is 3.91. The topological polar surface area (TPSA) is 68.3 Å². The standard InChI is InChI=1S/C16H20Cl2N2O3/c17-12-8-13(18)16(19-9-12)20-14(21)10-23-15(22)7-6-11-4-2-1-3-5-11/h8-9,11H,1-7,10H2,(H,19,20,21). The van der Waals surface area contributed by atoms with Crippen molar-refractivity contribution in [1.29, 1.82) is 0 Å². The Labute approximate surface area is 145 Å². The van der Waals surface area contributed by atoms with E-state index < -0.39 is 5.91 Å². The monoisotopic (exact) mass is 358 g/mol. The number of anilines is 1. The fourth-order valence-electron chi connectivity index (χ4n) is 2.69. The summed E-state index contributed by atoms with van der Waals surface area (Å²) in [6, 6.07) is 1.47. The van der Waals surface area contributed by atoms with E-state index in [-0.39, 0.29) is 23.4 Å². The molecule has 2 rings (SSSR count). The van der Waals surface area contributed by atoms with E-state index >= 15 is 0 Å². The highest BCUT2D eigenvalue weighted by Gasteiger charge is 2.16. The summed E-state index contributed by atoms with van der Waals surface area (Å²) in [7, 11) is 0. The van der Waals surface area contributed by atoms with Gasteiger partial charge in [0.15, 0.2) is 12.4 Å². The van der Waals surface area contributed by atoms with Crippen molar-refractivity contribution in [3.63, 3.8) is 0 Å². The number of amides is 1. The lowest BCUT2D eigenvalue weighted by atomic mass is 9.86. The summed E-state index contributed by atoms with van der Waals surface area (Å²) in [6.45, 7) is -0.343. The van der Waals surface area contributed by atoms with Crippen LogP contribution in [-0.2, 0) is 14.3 Å². The number of esters is 1. The highest BCUT2D eigenvalue weighted by molar-refractivity contribution is 6.36. The summed E-state index contributed by atoms with van der Waals surface area (Å²) in [6.07, 6.45) is 8.74. The summed E-state index contributed by atoms with van der Waals surface area (Å²) in [4.78, 5) is 27.3. The zero-order chi connectivity index (χ0) is 16.7. The van der Waals surface area contributed by atoms with Gasteiger partial charge in [0.25, 0.3) is 5.91 Å². The smallest absolute Gasteiger partial charge is 0.306 e. The van der Waals surface area contributed by atoms with Crippen LogP contribution in [-0.4, -0.2) is 23.5 Å². The van der Waals surface area contributed by atoms with Crippen molar-refractivity contribution >= 4 is 40.9 Å². The lowest BCUT2D eigenvalue weighted by Crippen LogP contribution is -2.22. The molecule has 7 heteroatoms. The fraction of sp³-hybridized carbons (Fsp3) is 0.562. The maximum atomic E-state index is 11.7. The van der Waals surface area contributed by atoms with Crippen LogP contribution < -0.4 is 5.32 Å². The molecule has 0 unspecified atom stereocenters. The van der Waals surface area contributed by atoms with Crippen molar-refractivity contribution in [2.75, 3.05) is 11.9 Å². The predicted octanol–water partition coefficient (Wildman–Crippen LogP) is 4.23. The summed E-state index contributed by atoms with van der Waals surface area (Å²) >= 11 is 11.6. The van der Waals surface area contributed by atoms with Gasteiger partial charge in [-0.2, -0.15) is 0 Å². The van der Waals surface area contributed by atoms with Crippen LogP contribution in [0.2, 0.25) is 10.0 Å². The maximum absolute atomic E-state index is 11.7. The first-order valence-electron chi connectivity index (χ1n) is 7.81. The van der Waals surface area contributed by atoms with Crippen LogP contribution in [0.1, 0.15) is 44.9 Å². The number of rotatable bonds is 6. The van der Waals surface area contributed by atoms with Gasteiger partial charge in [-0.1, -0.05) is 55.3 Å². The van der Waals surface area contributed by atoms with Crippen molar-refractivity contribution in [2.45, 2.75) is 44.9 Å². The van der Waals surface area contributed by atoms with Gasteiger partial charge in [-0.15, -0.1) is 0 Å². The lowest BCUT2D eigenvalue weighted by molar-refractivity contribution is -0.147. The van der Waals surface area contributed by atoms with Gasteiger partial charge in [-0.25, -0.2) is 4.98 Å². The van der Waals surface area contributed by atoms with E-state index in [0.717, 1.165) is 6.42 Å². The van der Waals surface area contributed by atoms with E-state index in [1.807, 2.05) is 0 Å². The van der Waals surface area contributed by atoms with Crippen LogP contribution in [0.15, 0.2) is 12.3 Å². The third kappa shape index (κ3) is 6.36. The number of pyridine rings is 1. The van der Waals surface area contributed by atoms with E-state index in [4.69, 9.17) is 27.9 Å². The van der Waals surface area contributed by atoms with Gasteiger partial charge >= 0.3 is 5.97 Å². The number of carbonyl (C=O) groups is 2. The molecule has 5 nitrogen and oxygen atoms in total. The first-order chi connectivity index (χ1) is 11.0. The molecule has 1 aliphatic carbocycles. The molecule has 0 atom stereocenters. The van der Waals surface area contributed by atoms with E-state index in [9.17, 15) is 9.59 Å². The molecule has 23 heavy (non-hydrogen) atoms. The van der Waals surface area contributed by atoms with Crippen LogP contribution in [0.4, 0.5) is 5.82 Å². The molecule has 1 aliphatic rings. The number of carbonyl (C=O) groups excluding carboxylic acids is 2. The van der Waals surface area contributed by atoms with Gasteiger partial charge in [0.1, 0.15) is 0 Å². The molecule has 0 aliphatic heterocycles. The number of nitrogens with one attached hydrogen (secondary N) is 1. The minimum atomic E-state index is -0.479. The molecule has 0 bridgehead atoms. The molecule has 126 valence electrons. The molecule has 0 saturated heterocycles. The normalized spacial score (nSPS) is 15.2. The summed E-state index contributed by atoms with van der Waals surface area (Å²) in [5.74, 6) is -0.0184. The number of halogens is 2. The number of nitrogens with zero attached hydrogens (tertiary/aromatic N) is 1. The molecule has 1 aromatic rings. The van der Waals surface area contributed by atoms with Crippen LogP contribution in [0, 0.1) is 5.92 Å². The number of aromatic nitrogens is 1. The van der Waals surface area contributed by atoms with Gasteiger partial charge in [0, 0.05) is 12.6 Å². The average Bonchev–Trinajstić information content (AvgIpc) is 2.54. The molecule has 1 fully saturated rings. The van der Waals surface area contributed by atoms with Gasteiger partial charge in [-0.05, 0) is 18.4 Å². The summed E-state index contributed by atoms with van der Waals surface area (Å²) < 4.78 is 4.98. The molecular weight excluding hydrogens is 339 g/mol. The van der Waals surface area contributed by atoms with E-state index in [1.165, 1.54) is 44.4 Å². The van der Waals surface area contributed by atoms with Gasteiger partial charge in [0.2, 0.25) is 0 Å². The van der Waals surface area contributed by atoms with Crippen molar-refractivity contribution in [3.05, 3.63) is 22.3 Å². The molecule has 1 amide bonds. The van der Waals surface area contributed by atoms with E-state index in [2.05, 4.69) is 10.3 Å². The van der Waals surface area contributed by atoms with Crippen LogP contribution >= 0.6 is 23.2 Å². The summed E-state index contributed by atoms with van der Waals surface area (Å²) in [5.41, 5.74) is 0. The van der Waals surface area contributed by atoms with Crippen molar-refractivity contribution in [2.24, 2.45) is 5.92 Å². The maximum Gasteiger partial charge on any atom is 0.306 e. The Hall–Kier alpha value is -1.33. The Balaban J connectivity index is 1.68. The fourth-order valence-corrected chi connectivity index (χ4v) is 3.12. The van der Waals surface area contributed by atoms with Crippen molar-refractivity contribution in [1.82, 2.24) is 4.98 Å². The van der Waals surface area contributed by atoms with Gasteiger partial charge in [0.05, 0.1) is 10.0 Å². The zero-order valence-electron chi connectivity index (χ0n) is 12.8. The average molecular weight is 359 g/mol. The quantitative estimate of drug-likeness (QED) is 0.772. The third-order valence-corrected chi connectivity index (χ3v) is 4.41. The van der Waals surface area contributed by atoms with Crippen LogP contribution in [0.5, 0.6) is 0 Å². The molecule has 1 heterocycles. The lowest BCUT2D eigenvalue weighted by Gasteiger charge is -2.20. The molecule has 0 spiro atoms.